The van der Waals surface area contributed by atoms with Crippen molar-refractivity contribution in [1.29, 1.82) is 0 Å². The van der Waals surface area contributed by atoms with Gasteiger partial charge in [0.05, 0.1) is 11.4 Å². The SMILES string of the molecule is C=CCCC(C=C)Nc1cccc(CCCCCCCN(C)C)c1N(C)CCC. The van der Waals surface area contributed by atoms with Crippen molar-refractivity contribution < 1.29 is 0 Å². The number of anilines is 2. The number of aryl methyl sites for hydroxylation is 1. The maximum absolute atomic E-state index is 4.03. The zero-order chi connectivity index (χ0) is 21.5. The van der Waals surface area contributed by atoms with Crippen LogP contribution in [0.4, 0.5) is 11.4 Å². The molecule has 29 heavy (non-hydrogen) atoms. The van der Waals surface area contributed by atoms with E-state index >= 15 is 0 Å². The van der Waals surface area contributed by atoms with Gasteiger partial charge in [-0.05, 0) is 70.8 Å². The molecular formula is C26H45N3. The predicted octanol–water partition coefficient (Wildman–Crippen LogP) is 6.52. The molecule has 3 nitrogen and oxygen atoms in total. The Labute approximate surface area is 180 Å². The van der Waals surface area contributed by atoms with Gasteiger partial charge in [0.2, 0.25) is 0 Å². The summed E-state index contributed by atoms with van der Waals surface area (Å²) < 4.78 is 0. The van der Waals surface area contributed by atoms with Crippen molar-refractivity contribution in [3.8, 4) is 0 Å². The van der Waals surface area contributed by atoms with Gasteiger partial charge in [-0.15, -0.1) is 13.2 Å². The summed E-state index contributed by atoms with van der Waals surface area (Å²) in [5.41, 5.74) is 4.07. The highest BCUT2D eigenvalue weighted by Gasteiger charge is 2.14. The number of benzene rings is 1. The minimum absolute atomic E-state index is 0.272. The molecule has 1 aromatic rings. The predicted molar refractivity (Wildman–Crippen MR) is 132 cm³/mol. The van der Waals surface area contributed by atoms with E-state index in [-0.39, 0.29) is 6.04 Å². The number of rotatable bonds is 17. The fraction of sp³-hybridized carbons (Fsp3) is 0.615. The molecule has 1 atom stereocenters. The molecule has 1 N–H and O–H groups in total. The van der Waals surface area contributed by atoms with Crippen LogP contribution in [0.15, 0.2) is 43.5 Å². The van der Waals surface area contributed by atoms with Crippen LogP contribution in [0.1, 0.15) is 63.9 Å². The van der Waals surface area contributed by atoms with Crippen LogP contribution in [0.3, 0.4) is 0 Å². The Morgan fingerprint density at radius 3 is 2.38 bits per heavy atom. The highest BCUT2D eigenvalue weighted by molar-refractivity contribution is 5.74. The average Bonchev–Trinajstić information content (AvgIpc) is 2.70. The van der Waals surface area contributed by atoms with Crippen molar-refractivity contribution in [2.24, 2.45) is 0 Å². The average molecular weight is 400 g/mol. The minimum Gasteiger partial charge on any atom is -0.377 e. The molecule has 0 fully saturated rings. The van der Waals surface area contributed by atoms with Gasteiger partial charge >= 0.3 is 0 Å². The molecule has 0 aliphatic heterocycles. The molecule has 0 radical (unpaired) electrons. The molecule has 0 saturated carbocycles. The van der Waals surface area contributed by atoms with E-state index < -0.39 is 0 Å². The summed E-state index contributed by atoms with van der Waals surface area (Å²) in [7, 11) is 6.54. The lowest BCUT2D eigenvalue weighted by Gasteiger charge is -2.27. The van der Waals surface area contributed by atoms with Crippen LogP contribution in [-0.4, -0.2) is 45.2 Å². The molecule has 1 aromatic carbocycles. The first kappa shape index (κ1) is 25.3. The fourth-order valence-electron chi connectivity index (χ4n) is 3.83. The third-order valence-corrected chi connectivity index (χ3v) is 5.42. The monoisotopic (exact) mass is 399 g/mol. The molecule has 0 aliphatic rings. The summed E-state index contributed by atoms with van der Waals surface area (Å²) in [5.74, 6) is 0. The zero-order valence-electron chi connectivity index (χ0n) is 19.6. The topological polar surface area (TPSA) is 18.5 Å². The van der Waals surface area contributed by atoms with Crippen LogP contribution in [0.25, 0.3) is 0 Å². The van der Waals surface area contributed by atoms with Crippen LogP contribution < -0.4 is 10.2 Å². The smallest absolute Gasteiger partial charge is 0.0632 e. The molecule has 1 rings (SSSR count). The van der Waals surface area contributed by atoms with Crippen molar-refractivity contribution in [3.05, 3.63) is 49.1 Å². The van der Waals surface area contributed by atoms with Crippen molar-refractivity contribution in [1.82, 2.24) is 4.90 Å². The molecule has 0 bridgehead atoms. The van der Waals surface area contributed by atoms with Crippen LogP contribution in [0, 0.1) is 0 Å². The second kappa shape index (κ2) is 15.1. The Morgan fingerprint density at radius 2 is 1.72 bits per heavy atom. The Kier molecular flexibility index (Phi) is 13.2. The standard InChI is InChI=1S/C26H45N3/c1-7-10-19-24(9-3)27-25-20-16-18-23(26(25)29(6)21-8-2)17-14-12-11-13-15-22-28(4)5/h7,9,16,18,20,24,27H,1,3,8,10-15,17,19,21-22H2,2,4-6H3. The zero-order valence-corrected chi connectivity index (χ0v) is 19.6. The van der Waals surface area contributed by atoms with Crippen LogP contribution >= 0.6 is 0 Å². The fourth-order valence-corrected chi connectivity index (χ4v) is 3.83. The number of allylic oxidation sites excluding steroid dienone is 1. The van der Waals surface area contributed by atoms with Gasteiger partial charge in [0.25, 0.3) is 0 Å². The van der Waals surface area contributed by atoms with E-state index in [2.05, 4.69) is 74.5 Å². The van der Waals surface area contributed by atoms with Crippen LogP contribution in [-0.2, 0) is 6.42 Å². The molecule has 0 aromatic heterocycles. The molecule has 1 unspecified atom stereocenters. The Bertz CT molecular complexity index is 579. The first-order valence-corrected chi connectivity index (χ1v) is 11.5. The number of nitrogens with zero attached hydrogens (tertiary/aromatic N) is 2. The first-order valence-electron chi connectivity index (χ1n) is 11.5. The normalized spacial score (nSPS) is 12.0. The van der Waals surface area contributed by atoms with Gasteiger partial charge in [-0.3, -0.25) is 0 Å². The van der Waals surface area contributed by atoms with E-state index in [0.29, 0.717) is 0 Å². The summed E-state index contributed by atoms with van der Waals surface area (Å²) in [5, 5.41) is 3.73. The molecule has 0 spiro atoms. The molecule has 3 heteroatoms. The summed E-state index contributed by atoms with van der Waals surface area (Å²) in [6, 6.07) is 7.00. The Morgan fingerprint density at radius 1 is 1.00 bits per heavy atom. The maximum Gasteiger partial charge on any atom is 0.0632 e. The molecule has 0 amide bonds. The largest absolute Gasteiger partial charge is 0.377 e. The third kappa shape index (κ3) is 10.0. The third-order valence-electron chi connectivity index (χ3n) is 5.42. The van der Waals surface area contributed by atoms with E-state index in [1.807, 2.05) is 12.2 Å². The van der Waals surface area contributed by atoms with Crippen LogP contribution in [0.5, 0.6) is 0 Å². The van der Waals surface area contributed by atoms with Crippen LogP contribution in [0.2, 0.25) is 0 Å². The van der Waals surface area contributed by atoms with Crippen molar-refractivity contribution in [2.45, 2.75) is 70.8 Å². The van der Waals surface area contributed by atoms with Gasteiger partial charge < -0.3 is 15.1 Å². The van der Waals surface area contributed by atoms with Gasteiger partial charge in [0.15, 0.2) is 0 Å². The number of hydrogen-bond donors (Lipinski definition) is 1. The van der Waals surface area contributed by atoms with E-state index in [4.69, 9.17) is 0 Å². The first-order chi connectivity index (χ1) is 14.0. The van der Waals surface area contributed by atoms with Gasteiger partial charge in [0, 0.05) is 19.6 Å². The van der Waals surface area contributed by atoms with Crippen molar-refractivity contribution in [3.63, 3.8) is 0 Å². The van der Waals surface area contributed by atoms with Gasteiger partial charge in [-0.1, -0.05) is 50.5 Å². The minimum atomic E-state index is 0.272. The van der Waals surface area contributed by atoms with Gasteiger partial charge in [-0.25, -0.2) is 0 Å². The molecule has 0 heterocycles. The lowest BCUT2D eigenvalue weighted by Crippen LogP contribution is -2.23. The second-order valence-corrected chi connectivity index (χ2v) is 8.41. The quantitative estimate of drug-likeness (QED) is 0.238. The number of para-hydroxylation sites is 1. The lowest BCUT2D eigenvalue weighted by molar-refractivity contribution is 0.389. The second-order valence-electron chi connectivity index (χ2n) is 8.41. The van der Waals surface area contributed by atoms with Gasteiger partial charge in [-0.2, -0.15) is 0 Å². The molecule has 0 aliphatic carbocycles. The number of nitrogens with one attached hydrogen (secondary N) is 1. The summed E-state index contributed by atoms with van der Waals surface area (Å²) >= 11 is 0. The summed E-state index contributed by atoms with van der Waals surface area (Å²) in [4.78, 5) is 4.70. The molecular weight excluding hydrogens is 354 g/mol. The maximum atomic E-state index is 4.03. The highest BCUT2D eigenvalue weighted by atomic mass is 15.1. The Balaban J connectivity index is 2.77. The van der Waals surface area contributed by atoms with E-state index in [1.54, 1.807) is 0 Å². The van der Waals surface area contributed by atoms with Crippen molar-refractivity contribution >= 4 is 11.4 Å². The van der Waals surface area contributed by atoms with Crippen molar-refractivity contribution in [2.75, 3.05) is 44.4 Å². The van der Waals surface area contributed by atoms with E-state index in [1.165, 1.54) is 55.6 Å². The van der Waals surface area contributed by atoms with E-state index in [9.17, 15) is 0 Å². The molecule has 164 valence electrons. The van der Waals surface area contributed by atoms with E-state index in [0.717, 1.165) is 32.2 Å². The lowest BCUT2D eigenvalue weighted by atomic mass is 10.0. The number of hydrogen-bond acceptors (Lipinski definition) is 3. The summed E-state index contributed by atoms with van der Waals surface area (Å²) in [6.07, 6.45) is 14.9. The van der Waals surface area contributed by atoms with Gasteiger partial charge in [0.1, 0.15) is 0 Å². The molecule has 0 saturated heterocycles. The summed E-state index contributed by atoms with van der Waals surface area (Å²) in [6.45, 7) is 12.4. The Hall–Kier alpha value is -1.74. The number of unbranched alkanes of at least 4 members (excludes halogenated alkanes) is 4. The highest BCUT2D eigenvalue weighted by Crippen LogP contribution is 2.32.